The molecule has 1 fully saturated rings. The van der Waals surface area contributed by atoms with Crippen molar-refractivity contribution in [3.05, 3.63) is 34.9 Å². The summed E-state index contributed by atoms with van der Waals surface area (Å²) in [7, 11) is 0. The molecule has 0 bridgehead atoms. The third kappa shape index (κ3) is 1.91. The van der Waals surface area contributed by atoms with Gasteiger partial charge in [-0.1, -0.05) is 0 Å². The molecule has 1 aliphatic heterocycles. The summed E-state index contributed by atoms with van der Waals surface area (Å²) in [4.78, 5) is 25.6. The van der Waals surface area contributed by atoms with Crippen LogP contribution in [-0.4, -0.2) is 28.8 Å². The van der Waals surface area contributed by atoms with Crippen molar-refractivity contribution in [3.8, 4) is 0 Å². The average molecular weight is 280 g/mol. The Balaban J connectivity index is 1.93. The Hall–Kier alpha value is -1.82. The molecular weight excluding hydrogens is 266 g/mol. The standard InChI is InChI=1S/C14H14F2N2O2/c15-11-5-9-10(6-12(11)16)14(20)18(13(9)19)8-3-1-7(17)2-4-8/h5-8H,1-4,17H2. The lowest BCUT2D eigenvalue weighted by molar-refractivity contribution is 0.0542. The molecule has 1 saturated carbocycles. The van der Waals surface area contributed by atoms with Crippen molar-refractivity contribution >= 4 is 11.8 Å². The number of nitrogens with zero attached hydrogens (tertiary/aromatic N) is 1. The van der Waals surface area contributed by atoms with Gasteiger partial charge in [-0.3, -0.25) is 14.5 Å². The molecule has 3 rings (SSSR count). The first kappa shape index (κ1) is 13.2. The van der Waals surface area contributed by atoms with Crippen LogP contribution >= 0.6 is 0 Å². The van der Waals surface area contributed by atoms with Gasteiger partial charge in [0.1, 0.15) is 0 Å². The van der Waals surface area contributed by atoms with Crippen molar-refractivity contribution in [3.63, 3.8) is 0 Å². The third-order valence-electron chi connectivity index (χ3n) is 4.07. The number of hydrogen-bond donors (Lipinski definition) is 1. The summed E-state index contributed by atoms with van der Waals surface area (Å²) in [5.41, 5.74) is 5.70. The van der Waals surface area contributed by atoms with Gasteiger partial charge in [-0.25, -0.2) is 8.78 Å². The van der Waals surface area contributed by atoms with Gasteiger partial charge in [-0.05, 0) is 37.8 Å². The van der Waals surface area contributed by atoms with Gasteiger partial charge in [-0.15, -0.1) is 0 Å². The molecule has 1 aromatic carbocycles. The average Bonchev–Trinajstić information content (AvgIpc) is 2.65. The highest BCUT2D eigenvalue weighted by molar-refractivity contribution is 6.21. The van der Waals surface area contributed by atoms with Crippen LogP contribution in [0.2, 0.25) is 0 Å². The van der Waals surface area contributed by atoms with Gasteiger partial charge < -0.3 is 5.73 Å². The molecule has 4 nitrogen and oxygen atoms in total. The second-order valence-electron chi connectivity index (χ2n) is 5.36. The lowest BCUT2D eigenvalue weighted by Crippen LogP contribution is -2.43. The Morgan fingerprint density at radius 1 is 0.950 bits per heavy atom. The minimum atomic E-state index is -1.11. The van der Waals surface area contributed by atoms with Gasteiger partial charge >= 0.3 is 0 Å². The SMILES string of the molecule is NC1CCC(N2C(=O)c3cc(F)c(F)cc3C2=O)CC1. The van der Waals surface area contributed by atoms with Gasteiger partial charge in [0.25, 0.3) is 11.8 Å². The fourth-order valence-electron chi connectivity index (χ4n) is 2.94. The van der Waals surface area contributed by atoms with E-state index in [2.05, 4.69) is 0 Å². The molecule has 0 aromatic heterocycles. The van der Waals surface area contributed by atoms with E-state index in [-0.39, 0.29) is 23.2 Å². The van der Waals surface area contributed by atoms with Crippen LogP contribution in [-0.2, 0) is 0 Å². The number of fused-ring (bicyclic) bond motifs is 1. The molecule has 2 aliphatic rings. The van der Waals surface area contributed by atoms with Gasteiger partial charge in [0, 0.05) is 12.1 Å². The van der Waals surface area contributed by atoms with Crippen LogP contribution in [0.15, 0.2) is 12.1 Å². The van der Waals surface area contributed by atoms with E-state index in [0.29, 0.717) is 12.8 Å². The zero-order valence-corrected chi connectivity index (χ0v) is 10.7. The van der Waals surface area contributed by atoms with Crippen LogP contribution in [0.4, 0.5) is 8.78 Å². The lowest BCUT2D eigenvalue weighted by atomic mass is 9.91. The number of rotatable bonds is 1. The molecule has 2 amide bonds. The molecule has 1 aromatic rings. The quantitative estimate of drug-likeness (QED) is 0.798. The Bertz CT molecular complexity index is 554. The molecule has 0 atom stereocenters. The molecule has 6 heteroatoms. The predicted molar refractivity (Wildman–Crippen MR) is 67.1 cm³/mol. The van der Waals surface area contributed by atoms with Crippen molar-refractivity contribution in [2.45, 2.75) is 37.8 Å². The number of amides is 2. The zero-order chi connectivity index (χ0) is 14.4. The number of imide groups is 1. The minimum absolute atomic E-state index is 0.0521. The topological polar surface area (TPSA) is 63.4 Å². The number of nitrogens with two attached hydrogens (primary N) is 1. The Morgan fingerprint density at radius 3 is 1.85 bits per heavy atom. The predicted octanol–water partition coefficient (Wildman–Crippen LogP) is 1.83. The molecule has 0 spiro atoms. The minimum Gasteiger partial charge on any atom is -0.328 e. The van der Waals surface area contributed by atoms with E-state index in [0.717, 1.165) is 29.9 Å². The summed E-state index contributed by atoms with van der Waals surface area (Å²) in [6.07, 6.45) is 2.75. The highest BCUT2D eigenvalue weighted by Gasteiger charge is 2.41. The van der Waals surface area contributed by atoms with Crippen molar-refractivity contribution in [2.24, 2.45) is 5.73 Å². The molecular formula is C14H14F2N2O2. The first-order chi connectivity index (χ1) is 9.49. The maximum absolute atomic E-state index is 13.2. The molecule has 106 valence electrons. The second-order valence-corrected chi connectivity index (χ2v) is 5.36. The van der Waals surface area contributed by atoms with Crippen LogP contribution in [0, 0.1) is 11.6 Å². The lowest BCUT2D eigenvalue weighted by Gasteiger charge is -2.31. The van der Waals surface area contributed by atoms with E-state index >= 15 is 0 Å². The summed E-state index contributed by atoms with van der Waals surface area (Å²) in [5, 5.41) is 0. The molecule has 2 N–H and O–H groups in total. The molecule has 0 saturated heterocycles. The molecule has 0 radical (unpaired) electrons. The maximum atomic E-state index is 13.2. The fraction of sp³-hybridized carbons (Fsp3) is 0.429. The fourth-order valence-corrected chi connectivity index (χ4v) is 2.94. The Kier molecular flexibility index (Phi) is 3.05. The van der Waals surface area contributed by atoms with Gasteiger partial charge in [0.05, 0.1) is 11.1 Å². The number of halogens is 2. The van der Waals surface area contributed by atoms with E-state index in [1.165, 1.54) is 0 Å². The van der Waals surface area contributed by atoms with Crippen LogP contribution in [0.3, 0.4) is 0 Å². The monoisotopic (exact) mass is 280 g/mol. The highest BCUT2D eigenvalue weighted by atomic mass is 19.2. The van der Waals surface area contributed by atoms with Crippen LogP contribution < -0.4 is 5.73 Å². The summed E-state index contributed by atoms with van der Waals surface area (Å²) in [5.74, 6) is -3.30. The van der Waals surface area contributed by atoms with Crippen molar-refractivity contribution in [1.29, 1.82) is 0 Å². The summed E-state index contributed by atoms with van der Waals surface area (Å²) in [6, 6.07) is 1.48. The van der Waals surface area contributed by atoms with E-state index in [1.54, 1.807) is 0 Å². The Morgan fingerprint density at radius 2 is 1.40 bits per heavy atom. The first-order valence-corrected chi connectivity index (χ1v) is 6.61. The Labute approximate surface area is 114 Å². The maximum Gasteiger partial charge on any atom is 0.261 e. The largest absolute Gasteiger partial charge is 0.328 e. The van der Waals surface area contributed by atoms with Crippen molar-refractivity contribution in [1.82, 2.24) is 4.90 Å². The van der Waals surface area contributed by atoms with Gasteiger partial charge in [0.2, 0.25) is 0 Å². The van der Waals surface area contributed by atoms with Crippen LogP contribution in [0.1, 0.15) is 46.4 Å². The van der Waals surface area contributed by atoms with Gasteiger partial charge in [-0.2, -0.15) is 0 Å². The molecule has 1 heterocycles. The third-order valence-corrected chi connectivity index (χ3v) is 4.07. The molecule has 20 heavy (non-hydrogen) atoms. The number of carbonyl (C=O) groups is 2. The molecule has 0 unspecified atom stereocenters. The van der Waals surface area contributed by atoms with E-state index in [9.17, 15) is 18.4 Å². The smallest absolute Gasteiger partial charge is 0.261 e. The summed E-state index contributed by atoms with van der Waals surface area (Å²) >= 11 is 0. The van der Waals surface area contributed by atoms with Crippen LogP contribution in [0.25, 0.3) is 0 Å². The zero-order valence-electron chi connectivity index (χ0n) is 10.7. The van der Waals surface area contributed by atoms with E-state index in [4.69, 9.17) is 5.73 Å². The summed E-state index contributed by atoms with van der Waals surface area (Å²) in [6.45, 7) is 0. The highest BCUT2D eigenvalue weighted by Crippen LogP contribution is 2.31. The first-order valence-electron chi connectivity index (χ1n) is 6.61. The van der Waals surface area contributed by atoms with Crippen molar-refractivity contribution < 1.29 is 18.4 Å². The molecule has 1 aliphatic carbocycles. The number of carbonyl (C=O) groups excluding carboxylic acids is 2. The second kappa shape index (κ2) is 4.63. The van der Waals surface area contributed by atoms with E-state index < -0.39 is 23.4 Å². The number of hydrogen-bond acceptors (Lipinski definition) is 3. The van der Waals surface area contributed by atoms with Gasteiger partial charge in [0.15, 0.2) is 11.6 Å². The van der Waals surface area contributed by atoms with Crippen LogP contribution in [0.5, 0.6) is 0 Å². The number of benzene rings is 1. The normalized spacial score (nSPS) is 26.1. The summed E-state index contributed by atoms with van der Waals surface area (Å²) < 4.78 is 26.4. The van der Waals surface area contributed by atoms with E-state index in [1.807, 2.05) is 0 Å². The van der Waals surface area contributed by atoms with Crippen molar-refractivity contribution in [2.75, 3.05) is 0 Å².